The first-order valence-electron chi connectivity index (χ1n) is 9.98. The van der Waals surface area contributed by atoms with Gasteiger partial charge in [-0.15, -0.1) is 0 Å². The predicted molar refractivity (Wildman–Crippen MR) is 123 cm³/mol. The molecular weight excluding hydrogens is 448 g/mol. The molecule has 0 bridgehead atoms. The molecule has 1 fully saturated rings. The second kappa shape index (κ2) is 11.2. The van der Waals surface area contributed by atoms with E-state index in [2.05, 4.69) is 10.1 Å². The summed E-state index contributed by atoms with van der Waals surface area (Å²) in [6.45, 7) is 1.49. The summed E-state index contributed by atoms with van der Waals surface area (Å²) in [4.78, 5) is 49.1. The Morgan fingerprint density at radius 2 is 1.82 bits per heavy atom. The molecule has 10 heteroatoms. The Morgan fingerprint density at radius 3 is 2.52 bits per heavy atom. The number of nitrogens with one attached hydrogen (secondary N) is 1. The first kappa shape index (κ1) is 23.9. The van der Waals surface area contributed by atoms with Crippen molar-refractivity contribution in [2.24, 2.45) is 0 Å². The second-order valence-corrected chi connectivity index (χ2v) is 7.68. The fourth-order valence-electron chi connectivity index (χ4n) is 2.85. The van der Waals surface area contributed by atoms with E-state index in [0.29, 0.717) is 29.4 Å². The Kier molecular flexibility index (Phi) is 8.09. The third kappa shape index (κ3) is 6.36. The van der Waals surface area contributed by atoms with Crippen molar-refractivity contribution in [2.45, 2.75) is 6.92 Å². The molecular formula is C23H22N2O7S. The Labute approximate surface area is 194 Å². The van der Waals surface area contributed by atoms with Gasteiger partial charge in [0.15, 0.2) is 18.1 Å². The van der Waals surface area contributed by atoms with Crippen LogP contribution in [0.25, 0.3) is 6.08 Å². The van der Waals surface area contributed by atoms with Crippen LogP contribution in [0.15, 0.2) is 53.4 Å². The van der Waals surface area contributed by atoms with Crippen LogP contribution in [-0.4, -0.2) is 54.8 Å². The van der Waals surface area contributed by atoms with Crippen molar-refractivity contribution < 1.29 is 33.4 Å². The first-order valence-corrected chi connectivity index (χ1v) is 10.8. The number of benzene rings is 2. The van der Waals surface area contributed by atoms with Crippen molar-refractivity contribution in [3.63, 3.8) is 0 Å². The lowest BCUT2D eigenvalue weighted by atomic mass is 10.2. The number of nitrogens with zero attached hydrogens (tertiary/aromatic N) is 1. The lowest BCUT2D eigenvalue weighted by molar-refractivity contribution is -0.143. The molecule has 0 aliphatic carbocycles. The fraction of sp³-hybridized carbons (Fsp3) is 0.217. The van der Waals surface area contributed by atoms with Crippen LogP contribution in [0.1, 0.15) is 12.5 Å². The molecule has 3 rings (SSSR count). The van der Waals surface area contributed by atoms with Gasteiger partial charge in [0.25, 0.3) is 17.1 Å². The standard InChI is InChI=1S/C23H22N2O7S/c1-3-31-18-11-15(12-19-22(28)25(23(29)33-19)13-21(27)30-2)9-10-17(18)32-14-20(26)24-16-7-5-4-6-8-16/h4-12H,3,13-14H2,1-2H3,(H,24,26)/b19-12-. The third-order valence-electron chi connectivity index (χ3n) is 4.37. The smallest absolute Gasteiger partial charge is 0.325 e. The molecule has 0 aromatic heterocycles. The number of anilines is 1. The number of ether oxygens (including phenoxy) is 3. The number of thioether (sulfide) groups is 1. The lowest BCUT2D eigenvalue weighted by Gasteiger charge is -2.13. The maximum atomic E-state index is 12.5. The van der Waals surface area contributed by atoms with Crippen molar-refractivity contribution >= 4 is 46.5 Å². The summed E-state index contributed by atoms with van der Waals surface area (Å²) < 4.78 is 15.7. The van der Waals surface area contributed by atoms with Gasteiger partial charge in [-0.25, -0.2) is 0 Å². The SMILES string of the molecule is CCOc1cc(/C=C2\SC(=O)N(CC(=O)OC)C2=O)ccc1OCC(=O)Nc1ccccc1. The van der Waals surface area contributed by atoms with Gasteiger partial charge in [-0.1, -0.05) is 24.3 Å². The molecule has 1 heterocycles. The number of imide groups is 1. The molecule has 0 unspecified atom stereocenters. The van der Waals surface area contributed by atoms with Crippen molar-refractivity contribution in [2.75, 3.05) is 32.2 Å². The van der Waals surface area contributed by atoms with Gasteiger partial charge in [-0.05, 0) is 54.6 Å². The highest BCUT2D eigenvalue weighted by Gasteiger charge is 2.36. The van der Waals surface area contributed by atoms with Gasteiger partial charge < -0.3 is 19.5 Å². The molecule has 9 nitrogen and oxygen atoms in total. The summed E-state index contributed by atoms with van der Waals surface area (Å²) >= 11 is 0.733. The highest BCUT2D eigenvalue weighted by atomic mass is 32.2. The molecule has 1 saturated heterocycles. The largest absolute Gasteiger partial charge is 0.490 e. The summed E-state index contributed by atoms with van der Waals surface area (Å²) in [5.74, 6) is -0.850. The fourth-order valence-corrected chi connectivity index (χ4v) is 3.68. The molecule has 1 aliphatic heterocycles. The quantitative estimate of drug-likeness (QED) is 0.439. The van der Waals surface area contributed by atoms with Crippen LogP contribution in [0.2, 0.25) is 0 Å². The molecule has 0 atom stereocenters. The second-order valence-electron chi connectivity index (χ2n) is 6.69. The summed E-state index contributed by atoms with van der Waals surface area (Å²) in [7, 11) is 1.18. The first-order chi connectivity index (χ1) is 15.9. The number of carbonyl (C=O) groups is 4. The zero-order valence-electron chi connectivity index (χ0n) is 18.0. The van der Waals surface area contributed by atoms with Crippen molar-refractivity contribution in [1.82, 2.24) is 4.90 Å². The Hall–Kier alpha value is -3.79. The number of carbonyl (C=O) groups excluding carboxylic acids is 4. The molecule has 33 heavy (non-hydrogen) atoms. The minimum atomic E-state index is -0.685. The van der Waals surface area contributed by atoms with E-state index < -0.39 is 23.7 Å². The number of amides is 3. The highest BCUT2D eigenvalue weighted by Crippen LogP contribution is 2.34. The van der Waals surface area contributed by atoms with E-state index in [9.17, 15) is 19.2 Å². The molecule has 1 N–H and O–H groups in total. The van der Waals surface area contributed by atoms with E-state index in [1.165, 1.54) is 13.2 Å². The van der Waals surface area contributed by atoms with Crippen LogP contribution in [0, 0.1) is 0 Å². The van der Waals surface area contributed by atoms with Crippen molar-refractivity contribution in [3.05, 3.63) is 59.0 Å². The van der Waals surface area contributed by atoms with Gasteiger partial charge in [0.2, 0.25) is 0 Å². The van der Waals surface area contributed by atoms with E-state index in [1.807, 2.05) is 18.2 Å². The van der Waals surface area contributed by atoms with E-state index in [4.69, 9.17) is 9.47 Å². The Balaban J connectivity index is 1.70. The Bertz CT molecular complexity index is 1090. The van der Waals surface area contributed by atoms with Crippen LogP contribution in [0.3, 0.4) is 0 Å². The van der Waals surface area contributed by atoms with Gasteiger partial charge in [0, 0.05) is 5.69 Å². The van der Waals surface area contributed by atoms with Crippen LogP contribution >= 0.6 is 11.8 Å². The van der Waals surface area contributed by atoms with Gasteiger partial charge in [0.05, 0.1) is 18.6 Å². The number of hydrogen-bond donors (Lipinski definition) is 1. The highest BCUT2D eigenvalue weighted by molar-refractivity contribution is 8.18. The maximum Gasteiger partial charge on any atom is 0.325 e. The minimum Gasteiger partial charge on any atom is -0.490 e. The molecule has 172 valence electrons. The monoisotopic (exact) mass is 470 g/mol. The van der Waals surface area contributed by atoms with Crippen LogP contribution in [-0.2, 0) is 19.1 Å². The molecule has 1 aliphatic rings. The zero-order valence-corrected chi connectivity index (χ0v) is 18.8. The van der Waals surface area contributed by atoms with Gasteiger partial charge in [0.1, 0.15) is 6.54 Å². The topological polar surface area (TPSA) is 111 Å². The summed E-state index contributed by atoms with van der Waals surface area (Å²) in [6.07, 6.45) is 1.52. The summed E-state index contributed by atoms with van der Waals surface area (Å²) in [5, 5.41) is 2.18. The molecule has 0 saturated carbocycles. The average molecular weight is 471 g/mol. The van der Waals surface area contributed by atoms with Gasteiger partial charge in [-0.3, -0.25) is 24.1 Å². The number of esters is 1. The number of para-hydroxylation sites is 1. The summed E-state index contributed by atoms with van der Waals surface area (Å²) in [5.41, 5.74) is 1.25. The van der Waals surface area contributed by atoms with Crippen molar-refractivity contribution in [1.29, 1.82) is 0 Å². The number of methoxy groups -OCH3 is 1. The third-order valence-corrected chi connectivity index (χ3v) is 5.28. The number of rotatable bonds is 9. The average Bonchev–Trinajstić information content (AvgIpc) is 3.06. The van der Waals surface area contributed by atoms with Crippen LogP contribution < -0.4 is 14.8 Å². The minimum absolute atomic E-state index is 0.169. The maximum absolute atomic E-state index is 12.5. The normalized spacial score (nSPS) is 14.4. The molecule has 0 radical (unpaired) electrons. The van der Waals surface area contributed by atoms with E-state index >= 15 is 0 Å². The van der Waals surface area contributed by atoms with Gasteiger partial charge in [-0.2, -0.15) is 0 Å². The molecule has 3 amide bonds. The van der Waals surface area contributed by atoms with Crippen LogP contribution in [0.5, 0.6) is 11.5 Å². The zero-order chi connectivity index (χ0) is 23.8. The van der Waals surface area contributed by atoms with E-state index in [0.717, 1.165) is 16.7 Å². The summed E-state index contributed by atoms with van der Waals surface area (Å²) in [6, 6.07) is 13.9. The predicted octanol–water partition coefficient (Wildman–Crippen LogP) is 3.31. The van der Waals surface area contributed by atoms with Crippen LogP contribution in [0.4, 0.5) is 10.5 Å². The van der Waals surface area contributed by atoms with E-state index in [1.54, 1.807) is 37.3 Å². The molecule has 2 aromatic carbocycles. The lowest BCUT2D eigenvalue weighted by Crippen LogP contribution is -2.34. The van der Waals surface area contributed by atoms with Crippen molar-refractivity contribution in [3.8, 4) is 11.5 Å². The van der Waals surface area contributed by atoms with E-state index in [-0.39, 0.29) is 17.4 Å². The Morgan fingerprint density at radius 1 is 1.06 bits per heavy atom. The molecule has 0 spiro atoms. The van der Waals surface area contributed by atoms with Gasteiger partial charge >= 0.3 is 5.97 Å². The molecule has 2 aromatic rings. The number of hydrogen-bond acceptors (Lipinski definition) is 8.